The van der Waals surface area contributed by atoms with E-state index in [1.54, 1.807) is 4.90 Å². The van der Waals surface area contributed by atoms with Gasteiger partial charge in [-0.2, -0.15) is 0 Å². The molecule has 1 aliphatic heterocycles. The summed E-state index contributed by atoms with van der Waals surface area (Å²) in [7, 11) is 0. The fourth-order valence-electron chi connectivity index (χ4n) is 2.32. The van der Waals surface area contributed by atoms with Crippen LogP contribution in [0.2, 0.25) is 0 Å². The minimum Gasteiger partial charge on any atom is -0.351 e. The van der Waals surface area contributed by atoms with Gasteiger partial charge in [0.1, 0.15) is 11.7 Å². The van der Waals surface area contributed by atoms with Gasteiger partial charge in [0.05, 0.1) is 0 Å². The third kappa shape index (κ3) is 3.70. The maximum atomic E-state index is 12.9. The summed E-state index contributed by atoms with van der Waals surface area (Å²) < 4.78 is 12.9. The molecule has 0 saturated carbocycles. The van der Waals surface area contributed by atoms with Crippen molar-refractivity contribution in [3.63, 3.8) is 0 Å². The lowest BCUT2D eigenvalue weighted by atomic mass is 10.0. The van der Waals surface area contributed by atoms with Crippen molar-refractivity contribution in [1.82, 2.24) is 10.2 Å². The van der Waals surface area contributed by atoms with Crippen molar-refractivity contribution < 1.29 is 14.0 Å². The number of halogens is 2. The van der Waals surface area contributed by atoms with Gasteiger partial charge in [-0.05, 0) is 37.1 Å². The van der Waals surface area contributed by atoms with Crippen molar-refractivity contribution in [2.45, 2.75) is 18.9 Å². The first-order valence-corrected chi connectivity index (χ1v) is 7.04. The highest BCUT2D eigenvalue weighted by molar-refractivity contribution is 6.27. The number of rotatable bonds is 3. The van der Waals surface area contributed by atoms with Crippen LogP contribution in [-0.2, 0) is 4.79 Å². The standard InChI is InChI=1S/C14H16ClFN2O2/c15-8-13(19)17-12-2-1-7-18(9-12)14(20)10-3-5-11(16)6-4-10/h3-6,12H,1-2,7-9H2,(H,17,19). The average molecular weight is 299 g/mol. The summed E-state index contributed by atoms with van der Waals surface area (Å²) in [5.41, 5.74) is 0.454. The Hall–Kier alpha value is -1.62. The van der Waals surface area contributed by atoms with E-state index in [-0.39, 0.29) is 29.6 Å². The molecule has 0 aromatic heterocycles. The molecular formula is C14H16ClFN2O2. The molecule has 1 unspecified atom stereocenters. The van der Waals surface area contributed by atoms with E-state index >= 15 is 0 Å². The summed E-state index contributed by atoms with van der Waals surface area (Å²) in [4.78, 5) is 25.2. The van der Waals surface area contributed by atoms with Gasteiger partial charge in [0.2, 0.25) is 5.91 Å². The normalized spacial score (nSPS) is 18.7. The minimum absolute atomic E-state index is 0.0700. The molecule has 0 radical (unpaired) electrons. The van der Waals surface area contributed by atoms with E-state index in [0.29, 0.717) is 18.7 Å². The van der Waals surface area contributed by atoms with E-state index in [2.05, 4.69) is 5.32 Å². The highest BCUT2D eigenvalue weighted by atomic mass is 35.5. The summed E-state index contributed by atoms with van der Waals surface area (Å²) >= 11 is 5.45. The van der Waals surface area contributed by atoms with Crippen molar-refractivity contribution in [3.8, 4) is 0 Å². The van der Waals surface area contributed by atoms with Gasteiger partial charge in [0, 0.05) is 24.7 Å². The number of carbonyl (C=O) groups is 2. The van der Waals surface area contributed by atoms with Crippen molar-refractivity contribution in [2.75, 3.05) is 19.0 Å². The van der Waals surface area contributed by atoms with Crippen molar-refractivity contribution in [3.05, 3.63) is 35.6 Å². The number of hydrogen-bond donors (Lipinski definition) is 1. The number of benzene rings is 1. The Bertz CT molecular complexity index is 492. The molecule has 1 aliphatic rings. The lowest BCUT2D eigenvalue weighted by Crippen LogP contribution is -2.49. The first-order chi connectivity index (χ1) is 9.60. The lowest BCUT2D eigenvalue weighted by molar-refractivity contribution is -0.119. The molecule has 108 valence electrons. The molecule has 1 N–H and O–H groups in total. The Morgan fingerprint density at radius 1 is 1.35 bits per heavy atom. The molecule has 1 fully saturated rings. The molecule has 1 aromatic carbocycles. The summed E-state index contributed by atoms with van der Waals surface area (Å²) in [5, 5.41) is 2.79. The molecule has 4 nitrogen and oxygen atoms in total. The molecule has 1 saturated heterocycles. The number of amides is 2. The van der Waals surface area contributed by atoms with Crippen LogP contribution in [0.4, 0.5) is 4.39 Å². The number of hydrogen-bond acceptors (Lipinski definition) is 2. The monoisotopic (exact) mass is 298 g/mol. The number of alkyl halides is 1. The third-order valence-corrected chi connectivity index (χ3v) is 3.53. The number of nitrogens with zero attached hydrogens (tertiary/aromatic N) is 1. The van der Waals surface area contributed by atoms with Crippen molar-refractivity contribution in [1.29, 1.82) is 0 Å². The summed E-state index contributed by atoms with van der Waals surface area (Å²) in [5.74, 6) is -0.822. The van der Waals surface area contributed by atoms with E-state index in [4.69, 9.17) is 11.6 Å². The second kappa shape index (κ2) is 6.70. The third-order valence-electron chi connectivity index (χ3n) is 3.29. The molecule has 2 rings (SSSR count). The largest absolute Gasteiger partial charge is 0.351 e. The first-order valence-electron chi connectivity index (χ1n) is 6.50. The van der Waals surface area contributed by atoms with E-state index in [9.17, 15) is 14.0 Å². The number of carbonyl (C=O) groups excluding carboxylic acids is 2. The second-order valence-electron chi connectivity index (χ2n) is 4.80. The molecule has 0 bridgehead atoms. The number of piperidine rings is 1. The van der Waals surface area contributed by atoms with Crippen LogP contribution < -0.4 is 5.32 Å². The van der Waals surface area contributed by atoms with Crippen LogP contribution >= 0.6 is 11.6 Å². The Kier molecular flexibility index (Phi) is 4.95. The quantitative estimate of drug-likeness (QED) is 0.865. The summed E-state index contributed by atoms with van der Waals surface area (Å²) in [6.45, 7) is 1.10. The maximum Gasteiger partial charge on any atom is 0.253 e. The molecular weight excluding hydrogens is 283 g/mol. The molecule has 1 aromatic rings. The van der Waals surface area contributed by atoms with Gasteiger partial charge in [-0.3, -0.25) is 9.59 Å². The van der Waals surface area contributed by atoms with E-state index in [0.717, 1.165) is 12.8 Å². The minimum atomic E-state index is -0.368. The molecule has 6 heteroatoms. The van der Waals surface area contributed by atoms with Crippen molar-refractivity contribution >= 4 is 23.4 Å². The van der Waals surface area contributed by atoms with Gasteiger partial charge in [0.15, 0.2) is 0 Å². The maximum absolute atomic E-state index is 12.9. The Labute approximate surface area is 121 Å². The van der Waals surface area contributed by atoms with Gasteiger partial charge >= 0.3 is 0 Å². The molecule has 0 aliphatic carbocycles. The van der Waals surface area contributed by atoms with Crippen LogP contribution in [0.1, 0.15) is 23.2 Å². The number of nitrogens with one attached hydrogen (secondary N) is 1. The highest BCUT2D eigenvalue weighted by Crippen LogP contribution is 2.14. The summed E-state index contributed by atoms with van der Waals surface area (Å²) in [6.07, 6.45) is 1.65. The number of likely N-dealkylation sites (tertiary alicyclic amines) is 1. The van der Waals surface area contributed by atoms with Crippen LogP contribution in [-0.4, -0.2) is 41.7 Å². The predicted molar refractivity (Wildman–Crippen MR) is 74.2 cm³/mol. The second-order valence-corrected chi connectivity index (χ2v) is 5.07. The average Bonchev–Trinajstić information content (AvgIpc) is 2.47. The van der Waals surface area contributed by atoms with E-state index in [1.165, 1.54) is 24.3 Å². The first kappa shape index (κ1) is 14.8. The predicted octanol–water partition coefficient (Wildman–Crippen LogP) is 1.79. The molecule has 20 heavy (non-hydrogen) atoms. The van der Waals surface area contributed by atoms with Crippen LogP contribution in [0, 0.1) is 5.82 Å². The highest BCUT2D eigenvalue weighted by Gasteiger charge is 2.25. The van der Waals surface area contributed by atoms with E-state index in [1.807, 2.05) is 0 Å². The van der Waals surface area contributed by atoms with Crippen molar-refractivity contribution in [2.24, 2.45) is 0 Å². The fraction of sp³-hybridized carbons (Fsp3) is 0.429. The molecule has 1 heterocycles. The SMILES string of the molecule is O=C(CCl)NC1CCCN(C(=O)c2ccc(F)cc2)C1. The van der Waals surface area contributed by atoms with E-state index < -0.39 is 0 Å². The van der Waals surface area contributed by atoms with Crippen LogP contribution in [0.5, 0.6) is 0 Å². The zero-order valence-corrected chi connectivity index (χ0v) is 11.7. The van der Waals surface area contributed by atoms with Crippen LogP contribution in [0.3, 0.4) is 0 Å². The zero-order valence-electron chi connectivity index (χ0n) is 10.9. The van der Waals surface area contributed by atoms with Gasteiger partial charge in [-0.15, -0.1) is 11.6 Å². The molecule has 1 atom stereocenters. The van der Waals surface area contributed by atoms with Gasteiger partial charge in [-0.1, -0.05) is 0 Å². The topological polar surface area (TPSA) is 49.4 Å². The Morgan fingerprint density at radius 2 is 2.05 bits per heavy atom. The Morgan fingerprint density at radius 3 is 2.70 bits per heavy atom. The van der Waals surface area contributed by atoms with Gasteiger partial charge < -0.3 is 10.2 Å². The zero-order chi connectivity index (χ0) is 14.5. The van der Waals surface area contributed by atoms with Crippen LogP contribution in [0.25, 0.3) is 0 Å². The van der Waals surface area contributed by atoms with Gasteiger partial charge in [-0.25, -0.2) is 4.39 Å². The molecule has 0 spiro atoms. The van der Waals surface area contributed by atoms with Gasteiger partial charge in [0.25, 0.3) is 5.91 Å². The van der Waals surface area contributed by atoms with Crippen LogP contribution in [0.15, 0.2) is 24.3 Å². The summed E-state index contributed by atoms with van der Waals surface area (Å²) in [6, 6.07) is 5.41. The Balaban J connectivity index is 1.99. The lowest BCUT2D eigenvalue weighted by Gasteiger charge is -2.33. The smallest absolute Gasteiger partial charge is 0.253 e. The fourth-order valence-corrected chi connectivity index (χ4v) is 2.40. The molecule has 2 amide bonds.